The Bertz CT molecular complexity index is 395. The number of nitrogens with zero attached hydrogens (tertiary/aromatic N) is 1. The molecule has 0 atom stereocenters. The second-order valence-corrected chi connectivity index (χ2v) is 3.24. The first-order chi connectivity index (χ1) is 6.97. The molecule has 1 aromatic rings. The molecule has 0 heterocycles. The third kappa shape index (κ3) is 2.24. The van der Waals surface area contributed by atoms with E-state index in [0.717, 1.165) is 0 Å². The van der Waals surface area contributed by atoms with E-state index in [1.807, 2.05) is 0 Å². The van der Waals surface area contributed by atoms with Crippen molar-refractivity contribution in [1.82, 2.24) is 0 Å². The highest BCUT2D eigenvalue weighted by Gasteiger charge is 2.22. The largest absolute Gasteiger partial charge is 0.490 e. The summed E-state index contributed by atoms with van der Waals surface area (Å²) >= 11 is 5.29. The van der Waals surface area contributed by atoms with Gasteiger partial charge in [-0.25, -0.2) is 0 Å². The second kappa shape index (κ2) is 4.27. The number of nitro benzene ring substituents is 1. The highest BCUT2D eigenvalue weighted by molar-refractivity contribution is 6.68. The molecular formula is C9H8ClNO4. The van der Waals surface area contributed by atoms with Gasteiger partial charge in [-0.05, 0) is 30.2 Å². The van der Waals surface area contributed by atoms with Crippen LogP contribution in [0.1, 0.15) is 15.9 Å². The number of hydrogen-bond acceptors (Lipinski definition) is 4. The van der Waals surface area contributed by atoms with Crippen molar-refractivity contribution in [2.45, 2.75) is 6.92 Å². The molecule has 1 rings (SSSR count). The molecule has 0 fully saturated rings. The molecular weight excluding hydrogens is 222 g/mol. The molecule has 15 heavy (non-hydrogen) atoms. The number of benzene rings is 1. The average molecular weight is 230 g/mol. The minimum Gasteiger partial charge on any atom is -0.490 e. The number of carbonyl (C=O) groups excluding carboxylic acids is 1. The number of carbonyl (C=O) groups is 1. The van der Waals surface area contributed by atoms with Crippen molar-refractivity contribution in [2.24, 2.45) is 0 Å². The summed E-state index contributed by atoms with van der Waals surface area (Å²) in [6.45, 7) is 1.63. The third-order valence-electron chi connectivity index (χ3n) is 1.83. The Kier molecular flexibility index (Phi) is 3.26. The molecule has 0 bridgehead atoms. The summed E-state index contributed by atoms with van der Waals surface area (Å²) in [4.78, 5) is 21.1. The fourth-order valence-electron chi connectivity index (χ4n) is 1.25. The fourth-order valence-corrected chi connectivity index (χ4v) is 1.39. The molecule has 0 aliphatic heterocycles. The van der Waals surface area contributed by atoms with Gasteiger partial charge in [-0.2, -0.15) is 0 Å². The van der Waals surface area contributed by atoms with Crippen molar-refractivity contribution in [3.05, 3.63) is 33.4 Å². The zero-order valence-electron chi connectivity index (χ0n) is 8.11. The van der Waals surface area contributed by atoms with Crippen molar-refractivity contribution < 1.29 is 14.5 Å². The minimum absolute atomic E-state index is 0.00543. The zero-order valence-corrected chi connectivity index (χ0v) is 8.87. The molecule has 5 nitrogen and oxygen atoms in total. The van der Waals surface area contributed by atoms with E-state index in [9.17, 15) is 14.9 Å². The van der Waals surface area contributed by atoms with Crippen LogP contribution in [0.5, 0.6) is 5.75 Å². The van der Waals surface area contributed by atoms with E-state index in [4.69, 9.17) is 16.3 Å². The molecule has 0 saturated heterocycles. The Hall–Kier alpha value is -1.62. The standard InChI is InChI=1S/C9H8ClNO4/c1-5-3-6(9(10)12)8(15-2)7(4-5)11(13)14/h3-4H,1-2H3. The number of ether oxygens (including phenoxy) is 1. The molecule has 0 amide bonds. The molecule has 0 unspecified atom stereocenters. The topological polar surface area (TPSA) is 69.4 Å². The van der Waals surface area contributed by atoms with Crippen LogP contribution in [0.4, 0.5) is 5.69 Å². The molecule has 0 aliphatic rings. The van der Waals surface area contributed by atoms with E-state index in [-0.39, 0.29) is 17.0 Å². The van der Waals surface area contributed by atoms with Crippen molar-refractivity contribution in [3.63, 3.8) is 0 Å². The van der Waals surface area contributed by atoms with Crippen LogP contribution in [0.15, 0.2) is 12.1 Å². The van der Waals surface area contributed by atoms with Crippen LogP contribution < -0.4 is 4.74 Å². The van der Waals surface area contributed by atoms with Crippen LogP contribution in [0, 0.1) is 17.0 Å². The fraction of sp³-hybridized carbons (Fsp3) is 0.222. The lowest BCUT2D eigenvalue weighted by molar-refractivity contribution is -0.385. The maximum atomic E-state index is 11.0. The van der Waals surface area contributed by atoms with Crippen molar-refractivity contribution in [1.29, 1.82) is 0 Å². The van der Waals surface area contributed by atoms with Crippen LogP contribution >= 0.6 is 11.6 Å². The summed E-state index contributed by atoms with van der Waals surface area (Å²) < 4.78 is 4.81. The van der Waals surface area contributed by atoms with Gasteiger partial charge < -0.3 is 4.74 Å². The smallest absolute Gasteiger partial charge is 0.311 e. The predicted octanol–water partition coefficient (Wildman–Crippen LogP) is 2.29. The molecule has 0 spiro atoms. The monoisotopic (exact) mass is 229 g/mol. The zero-order chi connectivity index (χ0) is 11.6. The van der Waals surface area contributed by atoms with Crippen molar-refractivity contribution in [2.75, 3.05) is 7.11 Å². The van der Waals surface area contributed by atoms with Crippen LogP contribution in [0.25, 0.3) is 0 Å². The summed E-state index contributed by atoms with van der Waals surface area (Å²) in [6.07, 6.45) is 0. The molecule has 0 saturated carbocycles. The third-order valence-corrected chi connectivity index (χ3v) is 2.03. The normalized spacial score (nSPS) is 9.80. The SMILES string of the molecule is COc1c(C(=O)Cl)cc(C)cc1[N+](=O)[O-]. The Morgan fingerprint density at radius 2 is 2.13 bits per heavy atom. The Balaban J connectivity index is 3.52. The van der Waals surface area contributed by atoms with Gasteiger partial charge in [0.25, 0.3) is 5.24 Å². The molecule has 0 aliphatic carbocycles. The van der Waals surface area contributed by atoms with Gasteiger partial charge in [0.1, 0.15) is 0 Å². The van der Waals surface area contributed by atoms with E-state index >= 15 is 0 Å². The van der Waals surface area contributed by atoms with E-state index in [0.29, 0.717) is 5.56 Å². The highest BCUT2D eigenvalue weighted by Crippen LogP contribution is 2.33. The summed E-state index contributed by atoms with van der Waals surface area (Å²) in [6, 6.07) is 2.77. The minimum atomic E-state index is -0.779. The van der Waals surface area contributed by atoms with E-state index in [1.165, 1.54) is 19.2 Å². The summed E-state index contributed by atoms with van der Waals surface area (Å²) in [7, 11) is 1.25. The first-order valence-electron chi connectivity index (χ1n) is 4.00. The van der Waals surface area contributed by atoms with Gasteiger partial charge in [0, 0.05) is 6.07 Å². The molecule has 80 valence electrons. The van der Waals surface area contributed by atoms with Crippen LogP contribution in [0.2, 0.25) is 0 Å². The highest BCUT2D eigenvalue weighted by atomic mass is 35.5. The van der Waals surface area contributed by atoms with Crippen molar-refractivity contribution in [3.8, 4) is 5.75 Å². The summed E-state index contributed by atoms with van der Waals surface area (Å²) in [5, 5.41) is 9.90. The van der Waals surface area contributed by atoms with Gasteiger partial charge in [-0.3, -0.25) is 14.9 Å². The summed E-state index contributed by atoms with van der Waals surface area (Å²) in [5.41, 5.74) is 0.318. The number of nitro groups is 1. The van der Waals surface area contributed by atoms with E-state index < -0.39 is 10.2 Å². The first kappa shape index (κ1) is 11.5. The van der Waals surface area contributed by atoms with Crippen LogP contribution in [-0.4, -0.2) is 17.3 Å². The lowest BCUT2D eigenvalue weighted by atomic mass is 10.1. The van der Waals surface area contributed by atoms with Gasteiger partial charge in [0.15, 0.2) is 0 Å². The van der Waals surface area contributed by atoms with Gasteiger partial charge in [-0.15, -0.1) is 0 Å². The number of hydrogen-bond donors (Lipinski definition) is 0. The van der Waals surface area contributed by atoms with Crippen LogP contribution in [0.3, 0.4) is 0 Å². The Morgan fingerprint density at radius 1 is 1.53 bits per heavy atom. The molecule has 0 radical (unpaired) electrons. The molecule has 0 N–H and O–H groups in total. The maximum Gasteiger partial charge on any atom is 0.311 e. The average Bonchev–Trinajstić information content (AvgIpc) is 2.16. The van der Waals surface area contributed by atoms with Gasteiger partial charge in [0.05, 0.1) is 17.6 Å². The number of methoxy groups -OCH3 is 1. The number of aryl methyl sites for hydroxylation is 1. The molecule has 6 heteroatoms. The Labute approximate surface area is 90.8 Å². The van der Waals surface area contributed by atoms with E-state index in [2.05, 4.69) is 0 Å². The molecule has 1 aromatic carbocycles. The van der Waals surface area contributed by atoms with Gasteiger partial charge in [-0.1, -0.05) is 0 Å². The lowest BCUT2D eigenvalue weighted by Crippen LogP contribution is -2.01. The quantitative estimate of drug-likeness (QED) is 0.453. The number of halogens is 1. The molecule has 0 aromatic heterocycles. The first-order valence-corrected chi connectivity index (χ1v) is 4.38. The van der Waals surface area contributed by atoms with Gasteiger partial charge in [0.2, 0.25) is 5.75 Å². The lowest BCUT2D eigenvalue weighted by Gasteiger charge is -2.06. The van der Waals surface area contributed by atoms with Crippen LogP contribution in [-0.2, 0) is 0 Å². The summed E-state index contributed by atoms with van der Waals surface area (Å²) in [5.74, 6) is -0.106. The second-order valence-electron chi connectivity index (χ2n) is 2.90. The number of rotatable bonds is 3. The predicted molar refractivity (Wildman–Crippen MR) is 54.6 cm³/mol. The van der Waals surface area contributed by atoms with Crippen molar-refractivity contribution >= 4 is 22.5 Å². The Morgan fingerprint density at radius 3 is 2.53 bits per heavy atom. The van der Waals surface area contributed by atoms with E-state index in [1.54, 1.807) is 6.92 Å². The maximum absolute atomic E-state index is 11.0. The van der Waals surface area contributed by atoms with Gasteiger partial charge >= 0.3 is 5.69 Å².